The fraction of sp³-hybridized carbons (Fsp3) is 0.429. The summed E-state index contributed by atoms with van der Waals surface area (Å²) in [4.78, 5) is 11.1. The number of nitrogens with one attached hydrogen (secondary N) is 1. The van der Waals surface area contributed by atoms with E-state index in [1.807, 2.05) is 32.0 Å². The Kier molecular flexibility index (Phi) is 5.34. The minimum Gasteiger partial charge on any atom is -0.480 e. The number of benzene rings is 1. The lowest BCUT2D eigenvalue weighted by molar-refractivity contribution is -0.140. The van der Waals surface area contributed by atoms with E-state index in [0.717, 1.165) is 5.56 Å². The molecule has 0 amide bonds. The quantitative estimate of drug-likeness (QED) is 0.806. The van der Waals surface area contributed by atoms with Crippen molar-refractivity contribution < 1.29 is 9.90 Å². The smallest absolute Gasteiger partial charge is 0.320 e. The molecule has 2 N–H and O–H groups in total. The van der Waals surface area contributed by atoms with Gasteiger partial charge in [-0.15, -0.1) is 0 Å². The van der Waals surface area contributed by atoms with Crippen LogP contribution >= 0.6 is 0 Å². The van der Waals surface area contributed by atoms with Crippen molar-refractivity contribution in [1.82, 2.24) is 5.32 Å². The Hall–Kier alpha value is -1.86. The first-order chi connectivity index (χ1) is 8.52. The highest BCUT2D eigenvalue weighted by atomic mass is 16.4. The molecule has 0 bridgehead atoms. The molecule has 18 heavy (non-hydrogen) atoms. The third-order valence-electron chi connectivity index (χ3n) is 2.64. The van der Waals surface area contributed by atoms with Gasteiger partial charge in [0.2, 0.25) is 0 Å². The molecule has 0 heterocycles. The molecule has 4 heteroatoms. The molecule has 96 valence electrons. The Bertz CT molecular complexity index is 432. The fourth-order valence-corrected chi connectivity index (χ4v) is 1.68. The summed E-state index contributed by atoms with van der Waals surface area (Å²) >= 11 is 0. The highest BCUT2D eigenvalue weighted by molar-refractivity contribution is 5.73. The van der Waals surface area contributed by atoms with Crippen LogP contribution in [0.1, 0.15) is 31.4 Å². The third kappa shape index (κ3) is 4.56. The molecule has 1 atom stereocenters. The molecule has 1 aromatic carbocycles. The van der Waals surface area contributed by atoms with Gasteiger partial charge in [-0.1, -0.05) is 26.0 Å². The molecule has 0 aliphatic heterocycles. The van der Waals surface area contributed by atoms with Crippen LogP contribution in [-0.4, -0.2) is 17.1 Å². The summed E-state index contributed by atoms with van der Waals surface area (Å²) in [7, 11) is 0. The molecular weight excluding hydrogens is 228 g/mol. The highest BCUT2D eigenvalue weighted by Crippen LogP contribution is 2.07. The van der Waals surface area contributed by atoms with Crippen molar-refractivity contribution in [3.63, 3.8) is 0 Å². The van der Waals surface area contributed by atoms with Gasteiger partial charge in [0.05, 0.1) is 11.6 Å². The van der Waals surface area contributed by atoms with Crippen molar-refractivity contribution in [2.45, 2.75) is 32.9 Å². The van der Waals surface area contributed by atoms with Crippen LogP contribution in [-0.2, 0) is 11.3 Å². The summed E-state index contributed by atoms with van der Waals surface area (Å²) in [6.45, 7) is 4.49. The molecule has 0 fully saturated rings. The van der Waals surface area contributed by atoms with Gasteiger partial charge < -0.3 is 10.4 Å². The minimum absolute atomic E-state index is 0.333. The average molecular weight is 246 g/mol. The molecule has 0 aliphatic carbocycles. The monoisotopic (exact) mass is 246 g/mol. The van der Waals surface area contributed by atoms with Gasteiger partial charge in [-0.3, -0.25) is 4.79 Å². The van der Waals surface area contributed by atoms with E-state index in [-0.39, 0.29) is 0 Å². The summed E-state index contributed by atoms with van der Waals surface area (Å²) in [6.07, 6.45) is 0.603. The van der Waals surface area contributed by atoms with Crippen molar-refractivity contribution in [3.8, 4) is 6.07 Å². The normalized spacial score (nSPS) is 12.1. The first kappa shape index (κ1) is 14.2. The predicted octanol–water partition coefficient (Wildman–Crippen LogP) is 2.15. The van der Waals surface area contributed by atoms with Crippen molar-refractivity contribution >= 4 is 5.97 Å². The number of carboxylic acids is 1. The van der Waals surface area contributed by atoms with Gasteiger partial charge in [-0.05, 0) is 30.0 Å². The lowest BCUT2D eigenvalue weighted by atomic mass is 10.0. The van der Waals surface area contributed by atoms with Crippen LogP contribution in [0.2, 0.25) is 0 Å². The van der Waals surface area contributed by atoms with Gasteiger partial charge in [-0.25, -0.2) is 0 Å². The van der Waals surface area contributed by atoms with Crippen LogP contribution in [0.3, 0.4) is 0 Å². The van der Waals surface area contributed by atoms with E-state index in [2.05, 4.69) is 5.32 Å². The third-order valence-corrected chi connectivity index (χ3v) is 2.64. The zero-order valence-electron chi connectivity index (χ0n) is 10.7. The molecule has 0 saturated carbocycles. The molecule has 0 aromatic heterocycles. The van der Waals surface area contributed by atoms with Gasteiger partial charge in [0.15, 0.2) is 0 Å². The SMILES string of the molecule is CC(C)C[C@@H](NCc1ccc(C#N)cc1)C(=O)O. The van der Waals surface area contributed by atoms with Gasteiger partial charge in [0.25, 0.3) is 0 Å². The van der Waals surface area contributed by atoms with Gasteiger partial charge in [0.1, 0.15) is 6.04 Å². The van der Waals surface area contributed by atoms with Crippen molar-refractivity contribution in [2.75, 3.05) is 0 Å². The topological polar surface area (TPSA) is 73.1 Å². The molecular formula is C14H18N2O2. The van der Waals surface area contributed by atoms with Crippen LogP contribution in [0, 0.1) is 17.2 Å². The van der Waals surface area contributed by atoms with Gasteiger partial charge >= 0.3 is 5.97 Å². The number of carboxylic acid groups (broad SMARTS) is 1. The Morgan fingerprint density at radius 1 is 1.39 bits per heavy atom. The fourth-order valence-electron chi connectivity index (χ4n) is 1.68. The van der Waals surface area contributed by atoms with E-state index < -0.39 is 12.0 Å². The minimum atomic E-state index is -0.822. The Balaban J connectivity index is 2.56. The second-order valence-corrected chi connectivity index (χ2v) is 4.71. The Labute approximate surface area is 107 Å². The summed E-state index contributed by atoms with van der Waals surface area (Å²) in [6, 6.07) is 8.65. The summed E-state index contributed by atoms with van der Waals surface area (Å²) in [5.41, 5.74) is 1.58. The van der Waals surface area contributed by atoms with Crippen LogP contribution in [0.25, 0.3) is 0 Å². The zero-order chi connectivity index (χ0) is 13.5. The van der Waals surface area contributed by atoms with Crippen LogP contribution in [0.4, 0.5) is 0 Å². The summed E-state index contributed by atoms with van der Waals surface area (Å²) in [5.74, 6) is -0.489. The number of hydrogen-bond acceptors (Lipinski definition) is 3. The first-order valence-electron chi connectivity index (χ1n) is 5.98. The van der Waals surface area contributed by atoms with Gasteiger partial charge in [0, 0.05) is 6.54 Å². The number of aliphatic carboxylic acids is 1. The summed E-state index contributed by atoms with van der Waals surface area (Å²) in [5, 5.41) is 20.8. The number of rotatable bonds is 6. The highest BCUT2D eigenvalue weighted by Gasteiger charge is 2.17. The average Bonchev–Trinajstić information content (AvgIpc) is 2.34. The zero-order valence-corrected chi connectivity index (χ0v) is 10.7. The number of carbonyl (C=O) groups is 1. The molecule has 0 saturated heterocycles. The van der Waals surface area contributed by atoms with Crippen LogP contribution < -0.4 is 5.32 Å². The molecule has 0 aliphatic rings. The molecule has 0 unspecified atom stereocenters. The first-order valence-corrected chi connectivity index (χ1v) is 5.98. The van der Waals surface area contributed by atoms with E-state index >= 15 is 0 Å². The van der Waals surface area contributed by atoms with E-state index in [4.69, 9.17) is 10.4 Å². The predicted molar refractivity (Wildman–Crippen MR) is 68.9 cm³/mol. The summed E-state index contributed by atoms with van der Waals surface area (Å²) < 4.78 is 0. The van der Waals surface area contributed by atoms with E-state index in [9.17, 15) is 4.79 Å². The maximum absolute atomic E-state index is 11.1. The van der Waals surface area contributed by atoms with E-state index in [0.29, 0.717) is 24.4 Å². The molecule has 1 aromatic rings. The largest absolute Gasteiger partial charge is 0.480 e. The molecule has 0 spiro atoms. The lowest BCUT2D eigenvalue weighted by Crippen LogP contribution is -2.37. The van der Waals surface area contributed by atoms with Crippen LogP contribution in [0.15, 0.2) is 24.3 Å². The number of hydrogen-bond donors (Lipinski definition) is 2. The number of nitrogens with zero attached hydrogens (tertiary/aromatic N) is 1. The maximum atomic E-state index is 11.1. The number of nitriles is 1. The second kappa shape index (κ2) is 6.77. The van der Waals surface area contributed by atoms with Crippen molar-refractivity contribution in [1.29, 1.82) is 5.26 Å². The van der Waals surface area contributed by atoms with E-state index in [1.165, 1.54) is 0 Å². The lowest BCUT2D eigenvalue weighted by Gasteiger charge is -2.16. The molecule has 4 nitrogen and oxygen atoms in total. The Morgan fingerprint density at radius 2 is 2.00 bits per heavy atom. The molecule has 1 rings (SSSR count). The standard InChI is InChI=1S/C14H18N2O2/c1-10(2)7-13(14(17)18)16-9-12-5-3-11(8-15)4-6-12/h3-6,10,13,16H,7,9H2,1-2H3,(H,17,18)/t13-/m1/s1. The molecule has 0 radical (unpaired) electrons. The van der Waals surface area contributed by atoms with Gasteiger partial charge in [-0.2, -0.15) is 5.26 Å². The maximum Gasteiger partial charge on any atom is 0.320 e. The Morgan fingerprint density at radius 3 is 2.44 bits per heavy atom. The second-order valence-electron chi connectivity index (χ2n) is 4.71. The van der Waals surface area contributed by atoms with Crippen LogP contribution in [0.5, 0.6) is 0 Å². The van der Waals surface area contributed by atoms with Crippen molar-refractivity contribution in [3.05, 3.63) is 35.4 Å². The van der Waals surface area contributed by atoms with E-state index in [1.54, 1.807) is 12.1 Å². The van der Waals surface area contributed by atoms with Crippen molar-refractivity contribution in [2.24, 2.45) is 5.92 Å².